The average molecular weight is 877 g/mol. The van der Waals surface area contributed by atoms with Gasteiger partial charge in [-0.2, -0.15) is 0 Å². The lowest BCUT2D eigenvalue weighted by Gasteiger charge is -2.39. The Kier molecular flexibility index (Phi) is 20.5. The number of non-ortho nitro benzene ring substituents is 1. The lowest BCUT2D eigenvalue weighted by Crippen LogP contribution is -2.53. The summed E-state index contributed by atoms with van der Waals surface area (Å²) in [6.45, 7) is 33.8. The molecular weight excluding hydrogens is 797 g/mol. The van der Waals surface area contributed by atoms with E-state index in [1.165, 1.54) is 12.1 Å². The Bertz CT molecular complexity index is 1570. The highest BCUT2D eigenvalue weighted by molar-refractivity contribution is 5.75. The molecule has 0 N–H and O–H groups in total. The van der Waals surface area contributed by atoms with E-state index in [1.54, 1.807) is 58.6 Å². The van der Waals surface area contributed by atoms with Crippen LogP contribution in [0, 0.1) is 15.5 Å². The van der Waals surface area contributed by atoms with Crippen LogP contribution >= 0.6 is 0 Å². The summed E-state index contributed by atoms with van der Waals surface area (Å²) in [6, 6.07) is 5.87. The molecule has 1 heterocycles. The van der Waals surface area contributed by atoms with Crippen LogP contribution in [-0.4, -0.2) is 173 Å². The van der Waals surface area contributed by atoms with E-state index in [4.69, 9.17) is 18.9 Å². The van der Waals surface area contributed by atoms with Crippen LogP contribution in [0.4, 0.5) is 5.69 Å². The molecule has 0 radical (unpaired) electrons. The van der Waals surface area contributed by atoms with Gasteiger partial charge in [0.2, 0.25) is 0 Å². The van der Waals surface area contributed by atoms with Crippen molar-refractivity contribution in [3.63, 3.8) is 0 Å². The molecule has 1 aliphatic rings. The zero-order valence-electron chi connectivity index (χ0n) is 40.8. The predicted octanol–water partition coefficient (Wildman–Crippen LogP) is 5.44. The van der Waals surface area contributed by atoms with Crippen LogP contribution in [0.2, 0.25) is 0 Å². The van der Waals surface area contributed by atoms with Gasteiger partial charge in [-0.05, 0) is 100 Å². The molecular formula is C46H80N6O10. The minimum absolute atomic E-state index is 0.0296. The van der Waals surface area contributed by atoms with Gasteiger partial charge in [0.05, 0.1) is 31.1 Å². The molecule has 0 amide bonds. The number of nitro groups is 1. The lowest BCUT2D eigenvalue weighted by molar-refractivity contribution is -0.384. The van der Waals surface area contributed by atoms with Crippen molar-refractivity contribution >= 4 is 29.6 Å². The number of nitrogens with zero attached hydrogens (tertiary/aromatic N) is 6. The molecule has 0 saturated carbocycles. The van der Waals surface area contributed by atoms with Crippen molar-refractivity contribution in [2.24, 2.45) is 5.41 Å². The maximum absolute atomic E-state index is 13.5. The Morgan fingerprint density at radius 1 is 0.565 bits per heavy atom. The summed E-state index contributed by atoms with van der Waals surface area (Å²) in [6.07, 6.45) is 0.354. The highest BCUT2D eigenvalue weighted by Crippen LogP contribution is 2.20. The highest BCUT2D eigenvalue weighted by atomic mass is 16.6. The van der Waals surface area contributed by atoms with Gasteiger partial charge >= 0.3 is 23.9 Å². The van der Waals surface area contributed by atoms with E-state index in [1.807, 2.05) is 46.4 Å². The second-order valence-corrected chi connectivity index (χ2v) is 21.7. The summed E-state index contributed by atoms with van der Waals surface area (Å²) in [4.78, 5) is 75.2. The number of ether oxygens (including phenoxy) is 4. The number of benzene rings is 1. The summed E-state index contributed by atoms with van der Waals surface area (Å²) in [5, 5.41) is 11.6. The SMILES string of the molecule is CC(C)(C)CN1CCN(CC(=O)OC(C)(C)C)CCN(CC(=O)OC(C)(C)C)CCN(CC(Cc2ccc([N+](=O)[O-])cc2)N(CC(=O)OC(C)(C)C)CC(=O)OC(C)(C)C)CC1. The van der Waals surface area contributed by atoms with Crippen LogP contribution < -0.4 is 0 Å². The van der Waals surface area contributed by atoms with Crippen LogP contribution in [0.3, 0.4) is 0 Å². The molecule has 0 spiro atoms. The predicted molar refractivity (Wildman–Crippen MR) is 241 cm³/mol. The normalized spacial score (nSPS) is 17.1. The number of rotatable bonds is 15. The molecule has 1 aromatic carbocycles. The Morgan fingerprint density at radius 3 is 1.24 bits per heavy atom. The first-order valence-corrected chi connectivity index (χ1v) is 22.0. The lowest BCUT2D eigenvalue weighted by atomic mass is 9.96. The first-order valence-electron chi connectivity index (χ1n) is 22.0. The molecule has 16 nitrogen and oxygen atoms in total. The van der Waals surface area contributed by atoms with Crippen LogP contribution in [0.5, 0.6) is 0 Å². The van der Waals surface area contributed by atoms with Crippen molar-refractivity contribution in [2.45, 2.75) is 139 Å². The van der Waals surface area contributed by atoms with Crippen LogP contribution in [0.25, 0.3) is 0 Å². The van der Waals surface area contributed by atoms with Gasteiger partial charge in [-0.1, -0.05) is 32.9 Å². The molecule has 2 rings (SSSR count). The van der Waals surface area contributed by atoms with E-state index in [9.17, 15) is 29.3 Å². The topological polar surface area (TPSA) is 165 Å². The van der Waals surface area contributed by atoms with Crippen molar-refractivity contribution in [1.29, 1.82) is 0 Å². The molecule has 0 aromatic heterocycles. The number of carbonyl (C=O) groups excluding carboxylic acids is 4. The van der Waals surface area contributed by atoms with Gasteiger partial charge in [0.25, 0.3) is 5.69 Å². The number of hydrogen-bond acceptors (Lipinski definition) is 15. The maximum Gasteiger partial charge on any atom is 0.320 e. The van der Waals surface area contributed by atoms with E-state index in [-0.39, 0.29) is 49.2 Å². The Hall–Kier alpha value is -3.70. The van der Waals surface area contributed by atoms with E-state index in [2.05, 4.69) is 35.5 Å². The molecule has 62 heavy (non-hydrogen) atoms. The summed E-state index contributed by atoms with van der Waals surface area (Å²) in [7, 11) is 0. The van der Waals surface area contributed by atoms with Gasteiger partial charge < -0.3 is 23.8 Å². The summed E-state index contributed by atoms with van der Waals surface area (Å²) < 4.78 is 23.0. The Labute approximate surface area is 372 Å². The van der Waals surface area contributed by atoms with E-state index >= 15 is 0 Å². The first kappa shape index (κ1) is 54.4. The highest BCUT2D eigenvalue weighted by Gasteiger charge is 2.32. The van der Waals surface area contributed by atoms with Crippen LogP contribution in [0.15, 0.2) is 24.3 Å². The second kappa shape index (κ2) is 23.3. The standard InChI is InChI=1S/C46H80N6O10/c1-42(2,3)34-50-26-24-47(20-21-48(30-38(53)59-43(4,5)6)22-23-49(25-27-50)31-39(54)60-44(7,8)9)29-37(28-35-16-18-36(19-17-35)52(57)58)51(32-40(55)61-45(10,11)12)33-41(56)62-46(13,14)15/h16-19,37H,20-34H2,1-15H3. The van der Waals surface area contributed by atoms with Crippen molar-refractivity contribution < 1.29 is 43.0 Å². The molecule has 1 aliphatic heterocycles. The average Bonchev–Trinajstić information content (AvgIpc) is 3.05. The molecule has 16 heteroatoms. The Balaban J connectivity index is 2.66. The minimum Gasteiger partial charge on any atom is -0.459 e. The van der Waals surface area contributed by atoms with Gasteiger partial charge in [-0.3, -0.25) is 48.9 Å². The fraction of sp³-hybridized carbons (Fsp3) is 0.783. The molecule has 0 aliphatic carbocycles. The first-order chi connectivity index (χ1) is 28.2. The van der Waals surface area contributed by atoms with Gasteiger partial charge in [0.15, 0.2) is 0 Å². The number of carbonyl (C=O) groups is 4. The Morgan fingerprint density at radius 2 is 0.903 bits per heavy atom. The van der Waals surface area contributed by atoms with Crippen LogP contribution in [-0.2, 0) is 44.5 Å². The molecule has 1 atom stereocenters. The van der Waals surface area contributed by atoms with Crippen molar-refractivity contribution in [2.75, 3.05) is 91.6 Å². The summed E-state index contributed by atoms with van der Waals surface area (Å²) >= 11 is 0. The van der Waals surface area contributed by atoms with Gasteiger partial charge in [0, 0.05) is 83.6 Å². The van der Waals surface area contributed by atoms with Crippen molar-refractivity contribution in [3.8, 4) is 0 Å². The van der Waals surface area contributed by atoms with E-state index < -0.39 is 45.3 Å². The fourth-order valence-electron chi connectivity index (χ4n) is 7.05. The maximum atomic E-state index is 13.5. The quantitative estimate of drug-likeness (QED) is 0.0946. The third kappa shape index (κ3) is 24.8. The van der Waals surface area contributed by atoms with E-state index in [0.29, 0.717) is 65.3 Å². The third-order valence-electron chi connectivity index (χ3n) is 9.28. The molecule has 0 bridgehead atoms. The monoisotopic (exact) mass is 877 g/mol. The smallest absolute Gasteiger partial charge is 0.320 e. The molecule has 1 unspecified atom stereocenters. The summed E-state index contributed by atoms with van der Waals surface area (Å²) in [5.41, 5.74) is -2.11. The van der Waals surface area contributed by atoms with Crippen LogP contribution in [0.1, 0.15) is 109 Å². The van der Waals surface area contributed by atoms with Gasteiger partial charge in [-0.15, -0.1) is 0 Å². The molecule has 354 valence electrons. The second-order valence-electron chi connectivity index (χ2n) is 21.7. The zero-order valence-corrected chi connectivity index (χ0v) is 40.8. The fourth-order valence-corrected chi connectivity index (χ4v) is 7.05. The summed E-state index contributed by atoms with van der Waals surface area (Å²) in [5.74, 6) is -1.67. The van der Waals surface area contributed by atoms with Gasteiger partial charge in [-0.25, -0.2) is 0 Å². The zero-order chi connectivity index (χ0) is 47.3. The third-order valence-corrected chi connectivity index (χ3v) is 9.28. The molecule has 1 saturated heterocycles. The molecule has 1 aromatic rings. The van der Waals surface area contributed by atoms with Gasteiger partial charge in [0.1, 0.15) is 22.4 Å². The largest absolute Gasteiger partial charge is 0.459 e. The number of nitro benzene ring substituents is 1. The number of esters is 4. The molecule has 1 fully saturated rings. The van der Waals surface area contributed by atoms with Crippen molar-refractivity contribution in [3.05, 3.63) is 39.9 Å². The minimum atomic E-state index is -0.768. The van der Waals surface area contributed by atoms with Crippen molar-refractivity contribution in [1.82, 2.24) is 24.5 Å². The number of hydrogen-bond donors (Lipinski definition) is 0. The van der Waals surface area contributed by atoms with E-state index in [0.717, 1.165) is 12.1 Å².